The predicted octanol–water partition coefficient (Wildman–Crippen LogP) is 1.27. The van der Waals surface area contributed by atoms with Gasteiger partial charge in [-0.05, 0) is 38.1 Å². The zero-order chi connectivity index (χ0) is 12.1. The van der Waals surface area contributed by atoms with Crippen LogP contribution in [0.5, 0.6) is 5.88 Å². The first-order valence-electron chi connectivity index (χ1n) is 6.22. The summed E-state index contributed by atoms with van der Waals surface area (Å²) in [7, 11) is 1.66. The standard InChI is InChI=1S/C13H21N3O/c1-11-9-16(7-3-5-14-11)10-12-4-6-15-13(8-12)17-2/h4,6,8,11,14H,3,5,7,9-10H2,1-2H3. The fraction of sp³-hybridized carbons (Fsp3) is 0.615. The first kappa shape index (κ1) is 12.3. The third-order valence-corrected chi connectivity index (χ3v) is 3.09. The molecule has 0 bridgehead atoms. The zero-order valence-electron chi connectivity index (χ0n) is 10.6. The van der Waals surface area contributed by atoms with Crippen LogP contribution in [0.2, 0.25) is 0 Å². The predicted molar refractivity (Wildman–Crippen MR) is 68.1 cm³/mol. The van der Waals surface area contributed by atoms with Crippen LogP contribution < -0.4 is 10.1 Å². The van der Waals surface area contributed by atoms with Crippen molar-refractivity contribution < 1.29 is 4.74 Å². The Balaban J connectivity index is 1.98. The molecule has 0 radical (unpaired) electrons. The molecule has 1 aromatic heterocycles. The van der Waals surface area contributed by atoms with Gasteiger partial charge in [0.25, 0.3) is 0 Å². The van der Waals surface area contributed by atoms with Crippen molar-refractivity contribution in [1.29, 1.82) is 0 Å². The van der Waals surface area contributed by atoms with E-state index in [-0.39, 0.29) is 0 Å². The number of aromatic nitrogens is 1. The van der Waals surface area contributed by atoms with E-state index < -0.39 is 0 Å². The van der Waals surface area contributed by atoms with Crippen molar-refractivity contribution in [3.05, 3.63) is 23.9 Å². The van der Waals surface area contributed by atoms with Gasteiger partial charge >= 0.3 is 0 Å². The largest absolute Gasteiger partial charge is 0.481 e. The quantitative estimate of drug-likeness (QED) is 0.856. The Morgan fingerprint density at radius 2 is 2.47 bits per heavy atom. The van der Waals surface area contributed by atoms with Gasteiger partial charge in [0.1, 0.15) is 0 Å². The summed E-state index contributed by atoms with van der Waals surface area (Å²) in [6.45, 7) is 6.60. The lowest BCUT2D eigenvalue weighted by atomic mass is 10.2. The maximum atomic E-state index is 5.15. The zero-order valence-corrected chi connectivity index (χ0v) is 10.6. The molecule has 94 valence electrons. The lowest BCUT2D eigenvalue weighted by molar-refractivity contribution is 0.264. The third-order valence-electron chi connectivity index (χ3n) is 3.09. The summed E-state index contributed by atoms with van der Waals surface area (Å²) in [5, 5.41) is 3.50. The number of nitrogens with zero attached hydrogens (tertiary/aromatic N) is 2. The van der Waals surface area contributed by atoms with Crippen LogP contribution in [-0.2, 0) is 6.54 Å². The van der Waals surface area contributed by atoms with E-state index in [0.717, 1.165) is 26.2 Å². The minimum Gasteiger partial charge on any atom is -0.481 e. The highest BCUT2D eigenvalue weighted by Gasteiger charge is 2.14. The molecule has 1 aromatic rings. The molecule has 1 atom stereocenters. The fourth-order valence-corrected chi connectivity index (χ4v) is 2.26. The van der Waals surface area contributed by atoms with E-state index in [0.29, 0.717) is 11.9 Å². The molecular formula is C13H21N3O. The van der Waals surface area contributed by atoms with E-state index in [1.54, 1.807) is 7.11 Å². The van der Waals surface area contributed by atoms with Crippen LogP contribution in [0.1, 0.15) is 18.9 Å². The maximum Gasteiger partial charge on any atom is 0.213 e. The molecule has 1 aliphatic rings. The molecule has 1 saturated heterocycles. The van der Waals surface area contributed by atoms with Crippen molar-refractivity contribution in [2.75, 3.05) is 26.7 Å². The molecule has 0 spiro atoms. The number of rotatable bonds is 3. The average Bonchev–Trinajstić information content (AvgIpc) is 2.54. The smallest absolute Gasteiger partial charge is 0.213 e. The highest BCUT2D eigenvalue weighted by molar-refractivity contribution is 5.20. The SMILES string of the molecule is COc1cc(CN2CCCNC(C)C2)ccn1. The number of ether oxygens (including phenoxy) is 1. The van der Waals surface area contributed by atoms with Gasteiger partial charge in [0, 0.05) is 31.4 Å². The normalized spacial score (nSPS) is 22.1. The molecular weight excluding hydrogens is 214 g/mol. The molecule has 1 N–H and O–H groups in total. The minimum atomic E-state index is 0.571. The molecule has 0 aliphatic carbocycles. The van der Waals surface area contributed by atoms with Gasteiger partial charge in [0.05, 0.1) is 7.11 Å². The topological polar surface area (TPSA) is 37.4 Å². The molecule has 0 amide bonds. The second-order valence-electron chi connectivity index (χ2n) is 4.65. The van der Waals surface area contributed by atoms with Crippen LogP contribution in [0.3, 0.4) is 0 Å². The highest BCUT2D eigenvalue weighted by atomic mass is 16.5. The Hall–Kier alpha value is -1.13. The molecule has 4 nitrogen and oxygen atoms in total. The van der Waals surface area contributed by atoms with Crippen molar-refractivity contribution in [3.63, 3.8) is 0 Å². The molecule has 4 heteroatoms. The number of nitrogens with one attached hydrogen (secondary N) is 1. The van der Waals surface area contributed by atoms with Crippen molar-refractivity contribution in [3.8, 4) is 5.88 Å². The van der Waals surface area contributed by atoms with Crippen LogP contribution >= 0.6 is 0 Å². The van der Waals surface area contributed by atoms with Gasteiger partial charge in [0.15, 0.2) is 0 Å². The van der Waals surface area contributed by atoms with Crippen LogP contribution in [0.4, 0.5) is 0 Å². The first-order valence-corrected chi connectivity index (χ1v) is 6.22. The molecule has 1 fully saturated rings. The average molecular weight is 235 g/mol. The van der Waals surface area contributed by atoms with Crippen molar-refractivity contribution >= 4 is 0 Å². The molecule has 2 rings (SSSR count). The van der Waals surface area contributed by atoms with Gasteiger partial charge in [-0.1, -0.05) is 0 Å². The van der Waals surface area contributed by atoms with Gasteiger partial charge in [0.2, 0.25) is 5.88 Å². The molecule has 0 aromatic carbocycles. The number of hydrogen-bond donors (Lipinski definition) is 1. The van der Waals surface area contributed by atoms with Crippen molar-refractivity contribution in [2.24, 2.45) is 0 Å². The van der Waals surface area contributed by atoms with E-state index in [1.807, 2.05) is 12.3 Å². The third kappa shape index (κ3) is 3.68. The first-order chi connectivity index (χ1) is 8.28. The van der Waals surface area contributed by atoms with Crippen molar-refractivity contribution in [2.45, 2.75) is 25.9 Å². The highest BCUT2D eigenvalue weighted by Crippen LogP contribution is 2.12. The summed E-state index contributed by atoms with van der Waals surface area (Å²) in [4.78, 5) is 6.62. The summed E-state index contributed by atoms with van der Waals surface area (Å²) >= 11 is 0. The van der Waals surface area contributed by atoms with Gasteiger partial charge in [-0.15, -0.1) is 0 Å². The van der Waals surface area contributed by atoms with E-state index >= 15 is 0 Å². The molecule has 1 aliphatic heterocycles. The Morgan fingerprint density at radius 1 is 1.59 bits per heavy atom. The van der Waals surface area contributed by atoms with E-state index in [9.17, 15) is 0 Å². The monoisotopic (exact) mass is 235 g/mol. The Kier molecular flexibility index (Phi) is 4.34. The van der Waals surface area contributed by atoms with Crippen LogP contribution in [0.25, 0.3) is 0 Å². The summed E-state index contributed by atoms with van der Waals surface area (Å²) in [6.07, 6.45) is 3.03. The Labute approximate surface area is 103 Å². The second-order valence-corrected chi connectivity index (χ2v) is 4.65. The summed E-state index contributed by atoms with van der Waals surface area (Å²) in [5.74, 6) is 0.698. The second kappa shape index (κ2) is 5.98. The number of hydrogen-bond acceptors (Lipinski definition) is 4. The summed E-state index contributed by atoms with van der Waals surface area (Å²) in [6, 6.07) is 4.65. The molecule has 2 heterocycles. The van der Waals surface area contributed by atoms with Crippen LogP contribution in [-0.4, -0.2) is 42.7 Å². The van der Waals surface area contributed by atoms with Gasteiger partial charge in [-0.2, -0.15) is 0 Å². The van der Waals surface area contributed by atoms with Gasteiger partial charge in [-0.3, -0.25) is 4.90 Å². The van der Waals surface area contributed by atoms with E-state index in [1.165, 1.54) is 12.0 Å². The lowest BCUT2D eigenvalue weighted by Crippen LogP contribution is -2.34. The lowest BCUT2D eigenvalue weighted by Gasteiger charge is -2.22. The summed E-state index contributed by atoms with van der Waals surface area (Å²) < 4.78 is 5.15. The number of methoxy groups -OCH3 is 1. The van der Waals surface area contributed by atoms with Gasteiger partial charge in [-0.25, -0.2) is 4.98 Å². The van der Waals surface area contributed by atoms with Crippen LogP contribution in [0, 0.1) is 0 Å². The van der Waals surface area contributed by atoms with Crippen LogP contribution in [0.15, 0.2) is 18.3 Å². The molecule has 1 unspecified atom stereocenters. The number of pyridine rings is 1. The van der Waals surface area contributed by atoms with Crippen molar-refractivity contribution in [1.82, 2.24) is 15.2 Å². The van der Waals surface area contributed by atoms with E-state index in [4.69, 9.17) is 4.74 Å². The maximum absolute atomic E-state index is 5.15. The minimum absolute atomic E-state index is 0.571. The Bertz CT molecular complexity index is 356. The van der Waals surface area contributed by atoms with Gasteiger partial charge < -0.3 is 10.1 Å². The summed E-state index contributed by atoms with van der Waals surface area (Å²) in [5.41, 5.74) is 1.27. The molecule has 0 saturated carbocycles. The Morgan fingerprint density at radius 3 is 3.29 bits per heavy atom. The van der Waals surface area contributed by atoms with E-state index in [2.05, 4.69) is 28.2 Å². The fourth-order valence-electron chi connectivity index (χ4n) is 2.26. The molecule has 17 heavy (non-hydrogen) atoms.